The maximum Gasteiger partial charge on any atom is 0.150 e. The zero-order valence-electron chi connectivity index (χ0n) is 10.9. The van der Waals surface area contributed by atoms with E-state index in [0.717, 1.165) is 4.90 Å². The Kier molecular flexibility index (Phi) is 7.21. The first-order valence-electron chi connectivity index (χ1n) is 6.20. The van der Waals surface area contributed by atoms with Crippen LogP contribution in [0, 0.1) is 0 Å². The van der Waals surface area contributed by atoms with Gasteiger partial charge in [0.1, 0.15) is 9.84 Å². The first kappa shape index (κ1) is 16.8. The number of rotatable bonds is 8. The molecule has 3 nitrogen and oxygen atoms in total. The molecule has 19 heavy (non-hydrogen) atoms. The second-order valence-corrected chi connectivity index (χ2v) is 8.30. The molecule has 1 aromatic carbocycles. The van der Waals surface area contributed by atoms with Crippen LogP contribution >= 0.6 is 23.4 Å². The average molecular weight is 323 g/mol. The molecule has 1 N–H and O–H groups in total. The number of halogens is 1. The number of benzene rings is 1. The first-order chi connectivity index (χ1) is 8.93. The van der Waals surface area contributed by atoms with Crippen LogP contribution in [0.4, 0.5) is 0 Å². The van der Waals surface area contributed by atoms with E-state index < -0.39 is 15.9 Å². The highest BCUT2D eigenvalue weighted by atomic mass is 35.5. The average Bonchev–Trinajstić information content (AvgIpc) is 2.38. The summed E-state index contributed by atoms with van der Waals surface area (Å²) in [5.41, 5.74) is 0. The van der Waals surface area contributed by atoms with Crippen molar-refractivity contribution in [3.05, 3.63) is 29.3 Å². The van der Waals surface area contributed by atoms with Crippen LogP contribution in [-0.4, -0.2) is 36.9 Å². The van der Waals surface area contributed by atoms with Gasteiger partial charge in [0.2, 0.25) is 0 Å². The lowest BCUT2D eigenvalue weighted by Gasteiger charge is -2.10. The lowest BCUT2D eigenvalue weighted by atomic mass is 10.2. The van der Waals surface area contributed by atoms with Gasteiger partial charge in [0.25, 0.3) is 0 Å². The van der Waals surface area contributed by atoms with Crippen molar-refractivity contribution >= 4 is 33.2 Å². The monoisotopic (exact) mass is 322 g/mol. The van der Waals surface area contributed by atoms with E-state index in [-0.39, 0.29) is 11.5 Å². The molecule has 0 aromatic heterocycles. The molecule has 6 heteroatoms. The number of aliphatic hydroxyl groups excluding tert-OH is 1. The molecule has 0 saturated carbocycles. The standard InChI is InChI=1S/C13H19ClO3S2/c1-2-19(16,17)9-3-4-12(15)10-18-13-7-5-11(14)6-8-13/h5-8,12,15H,2-4,9-10H2,1H3. The molecule has 0 saturated heterocycles. The third kappa shape index (κ3) is 7.20. The Labute approximate surface area is 124 Å². The fourth-order valence-corrected chi connectivity index (χ4v) is 3.39. The van der Waals surface area contributed by atoms with Crippen LogP contribution in [0.15, 0.2) is 29.2 Å². The van der Waals surface area contributed by atoms with Crippen molar-refractivity contribution in [2.24, 2.45) is 0 Å². The number of aliphatic hydroxyl groups is 1. The summed E-state index contributed by atoms with van der Waals surface area (Å²) in [7, 11) is -2.92. The number of thioether (sulfide) groups is 1. The van der Waals surface area contributed by atoms with Crippen molar-refractivity contribution in [2.45, 2.75) is 30.8 Å². The normalized spacial score (nSPS) is 13.4. The minimum atomic E-state index is -2.92. The van der Waals surface area contributed by atoms with Crippen LogP contribution in [0.3, 0.4) is 0 Å². The highest BCUT2D eigenvalue weighted by Crippen LogP contribution is 2.21. The maximum atomic E-state index is 11.3. The molecule has 1 aromatic rings. The second kappa shape index (κ2) is 8.15. The lowest BCUT2D eigenvalue weighted by molar-refractivity contribution is 0.188. The van der Waals surface area contributed by atoms with E-state index in [1.165, 1.54) is 0 Å². The van der Waals surface area contributed by atoms with E-state index in [0.29, 0.717) is 23.6 Å². The Bertz CT molecular complexity index is 471. The van der Waals surface area contributed by atoms with Crippen LogP contribution in [0.25, 0.3) is 0 Å². The Morgan fingerprint density at radius 2 is 1.95 bits per heavy atom. The SMILES string of the molecule is CCS(=O)(=O)CCCC(O)CSc1ccc(Cl)cc1. The number of sulfone groups is 1. The molecule has 0 aliphatic rings. The van der Waals surface area contributed by atoms with Gasteiger partial charge in [-0.2, -0.15) is 0 Å². The van der Waals surface area contributed by atoms with Crippen LogP contribution in [0.2, 0.25) is 5.02 Å². The molecule has 0 bridgehead atoms. The Morgan fingerprint density at radius 3 is 2.53 bits per heavy atom. The third-order valence-corrected chi connectivity index (χ3v) is 5.89. The molecule has 1 unspecified atom stereocenters. The second-order valence-electron chi connectivity index (χ2n) is 4.30. The van der Waals surface area contributed by atoms with Gasteiger partial charge in [0.05, 0.1) is 11.9 Å². The molecular weight excluding hydrogens is 304 g/mol. The summed E-state index contributed by atoms with van der Waals surface area (Å²) in [4.78, 5) is 1.05. The molecule has 0 fully saturated rings. The van der Waals surface area contributed by atoms with Crippen molar-refractivity contribution in [2.75, 3.05) is 17.3 Å². The summed E-state index contributed by atoms with van der Waals surface area (Å²) in [6, 6.07) is 7.43. The molecule has 1 atom stereocenters. The third-order valence-electron chi connectivity index (χ3n) is 2.69. The summed E-state index contributed by atoms with van der Waals surface area (Å²) >= 11 is 7.33. The van der Waals surface area contributed by atoms with Crippen LogP contribution < -0.4 is 0 Å². The molecule has 0 aliphatic carbocycles. The molecule has 108 valence electrons. The van der Waals surface area contributed by atoms with Crippen LogP contribution in [-0.2, 0) is 9.84 Å². The van der Waals surface area contributed by atoms with E-state index in [1.807, 2.05) is 24.3 Å². The van der Waals surface area contributed by atoms with E-state index in [1.54, 1.807) is 18.7 Å². The summed E-state index contributed by atoms with van der Waals surface area (Å²) in [5.74, 6) is 0.891. The van der Waals surface area contributed by atoms with E-state index in [2.05, 4.69) is 0 Å². The largest absolute Gasteiger partial charge is 0.392 e. The minimum absolute atomic E-state index is 0.159. The summed E-state index contributed by atoms with van der Waals surface area (Å²) in [5, 5.41) is 10.5. The van der Waals surface area contributed by atoms with E-state index in [4.69, 9.17) is 11.6 Å². The predicted octanol–water partition coefficient (Wildman–Crippen LogP) is 3.01. The van der Waals surface area contributed by atoms with E-state index in [9.17, 15) is 13.5 Å². The van der Waals surface area contributed by atoms with Crippen molar-refractivity contribution in [1.29, 1.82) is 0 Å². The molecule has 0 aliphatic heterocycles. The molecule has 0 spiro atoms. The van der Waals surface area contributed by atoms with Gasteiger partial charge in [-0.15, -0.1) is 11.8 Å². The van der Waals surface area contributed by atoms with Crippen molar-refractivity contribution in [3.8, 4) is 0 Å². The van der Waals surface area contributed by atoms with E-state index >= 15 is 0 Å². The van der Waals surface area contributed by atoms with Gasteiger partial charge in [-0.3, -0.25) is 0 Å². The van der Waals surface area contributed by atoms with Gasteiger partial charge in [-0.25, -0.2) is 8.42 Å². The quantitative estimate of drug-likeness (QED) is 0.747. The fourth-order valence-electron chi connectivity index (χ4n) is 1.49. The predicted molar refractivity (Wildman–Crippen MR) is 81.7 cm³/mol. The van der Waals surface area contributed by atoms with Crippen LogP contribution in [0.5, 0.6) is 0 Å². The van der Waals surface area contributed by atoms with Gasteiger partial charge < -0.3 is 5.11 Å². The number of hydrogen-bond donors (Lipinski definition) is 1. The summed E-state index contributed by atoms with van der Waals surface area (Å²) in [6.07, 6.45) is 0.547. The van der Waals surface area contributed by atoms with Crippen molar-refractivity contribution in [3.63, 3.8) is 0 Å². The molecular formula is C13H19ClO3S2. The summed E-state index contributed by atoms with van der Waals surface area (Å²) < 4.78 is 22.6. The Hall–Kier alpha value is -0.230. The maximum absolute atomic E-state index is 11.3. The van der Waals surface area contributed by atoms with Gasteiger partial charge in [-0.05, 0) is 37.1 Å². The molecule has 1 rings (SSSR count). The smallest absolute Gasteiger partial charge is 0.150 e. The highest BCUT2D eigenvalue weighted by molar-refractivity contribution is 7.99. The van der Waals surface area contributed by atoms with Gasteiger partial charge in [0.15, 0.2) is 0 Å². The van der Waals surface area contributed by atoms with Crippen LogP contribution in [0.1, 0.15) is 19.8 Å². The molecule has 0 radical (unpaired) electrons. The highest BCUT2D eigenvalue weighted by Gasteiger charge is 2.10. The van der Waals surface area contributed by atoms with Crippen molar-refractivity contribution in [1.82, 2.24) is 0 Å². The van der Waals surface area contributed by atoms with Gasteiger partial charge >= 0.3 is 0 Å². The molecule has 0 amide bonds. The zero-order chi connectivity index (χ0) is 14.3. The molecule has 0 heterocycles. The Morgan fingerprint density at radius 1 is 1.32 bits per heavy atom. The Balaban J connectivity index is 2.24. The van der Waals surface area contributed by atoms with Gasteiger partial charge in [0, 0.05) is 21.4 Å². The van der Waals surface area contributed by atoms with Gasteiger partial charge in [-0.1, -0.05) is 18.5 Å². The number of hydrogen-bond acceptors (Lipinski definition) is 4. The van der Waals surface area contributed by atoms with Crippen molar-refractivity contribution < 1.29 is 13.5 Å². The summed E-state index contributed by atoms with van der Waals surface area (Å²) in [6.45, 7) is 1.64. The zero-order valence-corrected chi connectivity index (χ0v) is 13.3. The fraction of sp³-hybridized carbons (Fsp3) is 0.538. The minimum Gasteiger partial charge on any atom is -0.392 e. The lowest BCUT2D eigenvalue weighted by Crippen LogP contribution is -2.14. The topological polar surface area (TPSA) is 54.4 Å². The first-order valence-corrected chi connectivity index (χ1v) is 9.38.